The highest BCUT2D eigenvalue weighted by Gasteiger charge is 2.73. The molecule has 0 spiro atoms. The topological polar surface area (TPSA) is 199 Å². The zero-order valence-electron chi connectivity index (χ0n) is 37.8. The Hall–Kier alpha value is -2.48. The second kappa shape index (κ2) is 15.5. The van der Waals surface area contributed by atoms with Gasteiger partial charge in [-0.1, -0.05) is 13.8 Å². The molecule has 8 fully saturated rings. The number of carbonyl (C=O) groups is 2. The third kappa shape index (κ3) is 6.39. The van der Waals surface area contributed by atoms with E-state index < -0.39 is 45.4 Å². The van der Waals surface area contributed by atoms with Crippen molar-refractivity contribution in [1.29, 1.82) is 0 Å². The molecule has 0 unspecified atom stereocenters. The predicted molar refractivity (Wildman–Crippen MR) is 236 cm³/mol. The van der Waals surface area contributed by atoms with Crippen LogP contribution in [0.2, 0.25) is 0 Å². The maximum absolute atomic E-state index is 12.8. The Morgan fingerprint density at radius 3 is 1.37 bits per heavy atom. The molecule has 0 aromatic heterocycles. The molecular weight excluding hydrogens is 801 g/mol. The number of aliphatic hydroxyl groups excluding tert-OH is 2. The second-order valence-corrected chi connectivity index (χ2v) is 23.2. The summed E-state index contributed by atoms with van der Waals surface area (Å²) in [6.45, 7) is 6.29. The summed E-state index contributed by atoms with van der Waals surface area (Å²) in [6.07, 6.45) is 20.9. The van der Waals surface area contributed by atoms with Crippen LogP contribution >= 0.6 is 0 Å². The van der Waals surface area contributed by atoms with Crippen LogP contribution < -0.4 is 0 Å². The van der Waals surface area contributed by atoms with E-state index in [0.717, 1.165) is 68.9 Å². The fourth-order valence-corrected chi connectivity index (χ4v) is 17.8. The zero-order chi connectivity index (χ0) is 44.3. The van der Waals surface area contributed by atoms with Gasteiger partial charge in [-0.15, -0.1) is 0 Å². The standard InChI is InChI=1S/C51H74N2O10/c1-44-14-8-38-40(50(44,60)20-12-36(44)32-24-42(56)62-28-32)10-18-48(58)26-34(54)6-16-46(38,48)30-52-22-4-3-5-23-53-31-47-17-7-35(55)27-49(47,59)19-11-41-39(47)9-15-45(2)37(13-21-51(41,45)61)33-25-43(57)63-29-33/h24-25,30-31,34-41,54-55,58-61H,3-23,26-29H2,1-2H3/t34-,35-,36+,37+,38-,39-,40+,41+,44+,45+,46-,47-,48-,49-,50-,51-/m0/s1. The first-order valence-electron chi connectivity index (χ1n) is 25.0. The number of esters is 2. The fraction of sp³-hybridized carbons (Fsp3) is 0.843. The first-order valence-corrected chi connectivity index (χ1v) is 25.0. The summed E-state index contributed by atoms with van der Waals surface area (Å²) in [5, 5.41) is 72.1. The fourth-order valence-electron chi connectivity index (χ4n) is 17.8. The first-order chi connectivity index (χ1) is 30.0. The number of aliphatic imine (C=N–C) groups is 2. The molecule has 10 rings (SSSR count). The van der Waals surface area contributed by atoms with E-state index in [-0.39, 0.29) is 58.3 Å². The molecule has 8 saturated carbocycles. The Labute approximate surface area is 373 Å². The van der Waals surface area contributed by atoms with Gasteiger partial charge in [0.25, 0.3) is 0 Å². The van der Waals surface area contributed by atoms with Gasteiger partial charge >= 0.3 is 11.9 Å². The minimum atomic E-state index is -1.08. The van der Waals surface area contributed by atoms with Crippen LogP contribution in [-0.2, 0) is 19.1 Å². The maximum atomic E-state index is 12.8. The summed E-state index contributed by atoms with van der Waals surface area (Å²) in [5.41, 5.74) is -3.97. The van der Waals surface area contributed by atoms with Crippen molar-refractivity contribution in [2.75, 3.05) is 26.3 Å². The number of fused-ring (bicyclic) bond motifs is 10. The summed E-state index contributed by atoms with van der Waals surface area (Å²) >= 11 is 0. The van der Waals surface area contributed by atoms with E-state index in [1.807, 2.05) is 0 Å². The highest BCUT2D eigenvalue weighted by molar-refractivity contribution is 5.86. The number of cyclic esters (lactones) is 2. The molecule has 10 aliphatic rings. The largest absolute Gasteiger partial charge is 0.458 e. The van der Waals surface area contributed by atoms with E-state index in [1.54, 1.807) is 12.2 Å². The van der Waals surface area contributed by atoms with Gasteiger partial charge in [0.1, 0.15) is 13.2 Å². The molecule has 63 heavy (non-hydrogen) atoms. The third-order valence-corrected chi connectivity index (χ3v) is 21.0. The van der Waals surface area contributed by atoms with E-state index >= 15 is 0 Å². The van der Waals surface area contributed by atoms with Gasteiger partial charge in [0.15, 0.2) is 0 Å². The lowest BCUT2D eigenvalue weighted by molar-refractivity contribution is -0.237. The number of nitrogens with zero attached hydrogens (tertiary/aromatic N) is 2. The van der Waals surface area contributed by atoms with Crippen LogP contribution in [0.5, 0.6) is 0 Å². The predicted octanol–water partition coefficient (Wildman–Crippen LogP) is 5.72. The normalized spacial score (nSPS) is 51.4. The van der Waals surface area contributed by atoms with Gasteiger partial charge in [-0.3, -0.25) is 9.98 Å². The van der Waals surface area contributed by atoms with E-state index in [9.17, 15) is 40.2 Å². The van der Waals surface area contributed by atoms with Crippen molar-refractivity contribution >= 4 is 24.4 Å². The van der Waals surface area contributed by atoms with Crippen molar-refractivity contribution in [2.45, 2.75) is 183 Å². The van der Waals surface area contributed by atoms with Gasteiger partial charge in [-0.25, -0.2) is 9.59 Å². The van der Waals surface area contributed by atoms with Gasteiger partial charge in [0, 0.05) is 72.2 Å². The highest BCUT2D eigenvalue weighted by atomic mass is 16.5. The number of carbonyl (C=O) groups excluding carboxylic acids is 2. The molecule has 2 aliphatic heterocycles. The van der Waals surface area contributed by atoms with Crippen molar-refractivity contribution in [1.82, 2.24) is 0 Å². The smallest absolute Gasteiger partial charge is 0.331 e. The number of rotatable bonds is 10. The van der Waals surface area contributed by atoms with Crippen LogP contribution in [0, 0.1) is 57.2 Å². The second-order valence-electron chi connectivity index (χ2n) is 23.2. The van der Waals surface area contributed by atoms with Crippen LogP contribution in [0.3, 0.4) is 0 Å². The van der Waals surface area contributed by atoms with Gasteiger partial charge in [0.2, 0.25) is 0 Å². The average molecular weight is 875 g/mol. The lowest BCUT2D eigenvalue weighted by Crippen LogP contribution is -2.68. The molecule has 348 valence electrons. The van der Waals surface area contributed by atoms with Crippen molar-refractivity contribution < 1.29 is 49.7 Å². The molecule has 8 aliphatic carbocycles. The van der Waals surface area contributed by atoms with Crippen LogP contribution in [0.1, 0.15) is 149 Å². The number of hydrogen-bond donors (Lipinski definition) is 6. The molecule has 6 N–H and O–H groups in total. The quantitative estimate of drug-likeness (QED) is 0.0897. The molecule has 0 aromatic rings. The Balaban J connectivity index is 0.800. The first kappa shape index (κ1) is 44.4. The monoisotopic (exact) mass is 875 g/mol. The van der Waals surface area contributed by atoms with Gasteiger partial charge in [-0.05, 0) is 169 Å². The summed E-state index contributed by atoms with van der Waals surface area (Å²) < 4.78 is 10.6. The molecule has 0 saturated heterocycles. The van der Waals surface area contributed by atoms with Crippen molar-refractivity contribution in [3.8, 4) is 0 Å². The van der Waals surface area contributed by atoms with Gasteiger partial charge in [0.05, 0.1) is 34.6 Å². The van der Waals surface area contributed by atoms with Crippen molar-refractivity contribution in [3.05, 3.63) is 23.3 Å². The Kier molecular flexibility index (Phi) is 10.9. The molecule has 16 atom stereocenters. The zero-order valence-corrected chi connectivity index (χ0v) is 37.8. The lowest BCUT2D eigenvalue weighted by atomic mass is 9.41. The van der Waals surface area contributed by atoms with Crippen LogP contribution in [-0.4, -0.2) is 116 Å². The van der Waals surface area contributed by atoms with Crippen molar-refractivity contribution in [3.63, 3.8) is 0 Å². The van der Waals surface area contributed by atoms with Crippen LogP contribution in [0.25, 0.3) is 0 Å². The molecule has 12 heteroatoms. The summed E-state index contributed by atoms with van der Waals surface area (Å²) in [5.74, 6) is -0.296. The Morgan fingerprint density at radius 1 is 0.556 bits per heavy atom. The summed E-state index contributed by atoms with van der Waals surface area (Å²) in [6, 6.07) is 0. The molecule has 0 amide bonds. The maximum Gasteiger partial charge on any atom is 0.331 e. The van der Waals surface area contributed by atoms with Crippen molar-refractivity contribution in [2.24, 2.45) is 67.2 Å². The Morgan fingerprint density at radius 2 is 0.968 bits per heavy atom. The third-order valence-electron chi connectivity index (χ3n) is 21.0. The minimum absolute atomic E-state index is 0.00329. The highest BCUT2D eigenvalue weighted by Crippen LogP contribution is 2.72. The molecule has 0 radical (unpaired) electrons. The van der Waals surface area contributed by atoms with Gasteiger partial charge in [-0.2, -0.15) is 0 Å². The number of hydrogen-bond acceptors (Lipinski definition) is 12. The lowest BCUT2D eigenvalue weighted by Gasteiger charge is -2.65. The molecule has 0 aromatic carbocycles. The number of unbranched alkanes of at least 4 members (excludes halogenated alkanes) is 2. The molecule has 12 nitrogen and oxygen atoms in total. The minimum Gasteiger partial charge on any atom is -0.458 e. The van der Waals surface area contributed by atoms with E-state index in [4.69, 9.17) is 19.5 Å². The molecular formula is C51H74N2O10. The van der Waals surface area contributed by atoms with E-state index in [1.165, 1.54) is 0 Å². The van der Waals surface area contributed by atoms with Crippen LogP contribution in [0.15, 0.2) is 33.3 Å². The summed E-state index contributed by atoms with van der Waals surface area (Å²) in [7, 11) is 0. The number of aliphatic hydroxyl groups is 6. The SMILES string of the molecule is C[C@]12CC[C@H]3[C@@H](CC[C@]4(O)C[C@@H](O)CC[C@]34C=NCCCCCN=C[C@]34CC[C@H](O)C[C@@]3(O)CC[C@@H]3[C@@H]4CC[C@]4(C)[C@@H](C5=CC(=O)OC5)CC[C@]34O)[C@@]1(O)CC[C@@H]2C1=CC(=O)OC1. The summed E-state index contributed by atoms with van der Waals surface area (Å²) in [4.78, 5) is 34.2. The van der Waals surface area contributed by atoms with E-state index in [0.29, 0.717) is 103 Å². The van der Waals surface area contributed by atoms with Gasteiger partial charge < -0.3 is 40.1 Å². The van der Waals surface area contributed by atoms with Crippen LogP contribution in [0.4, 0.5) is 0 Å². The molecule has 0 bridgehead atoms. The molecule has 2 heterocycles. The average Bonchev–Trinajstić information content (AvgIpc) is 4.00. The Bertz CT molecular complexity index is 1830. The van der Waals surface area contributed by atoms with E-state index in [2.05, 4.69) is 26.3 Å². The number of ether oxygens (including phenoxy) is 2.